The van der Waals surface area contributed by atoms with Gasteiger partial charge in [-0.25, -0.2) is 0 Å². The third kappa shape index (κ3) is 5.72. The predicted octanol–water partition coefficient (Wildman–Crippen LogP) is 1.78. The highest BCUT2D eigenvalue weighted by atomic mass is 16.5. The van der Waals surface area contributed by atoms with Crippen LogP contribution in [0.5, 0.6) is 5.75 Å². The molecular weight excluding hydrogens is 244 g/mol. The van der Waals surface area contributed by atoms with Gasteiger partial charge in [0.2, 0.25) is 5.91 Å². The van der Waals surface area contributed by atoms with Gasteiger partial charge in [0.15, 0.2) is 0 Å². The van der Waals surface area contributed by atoms with Crippen LogP contribution in [0.15, 0.2) is 24.3 Å². The number of amides is 1. The molecule has 3 N–H and O–H groups in total. The molecule has 0 radical (unpaired) electrons. The Morgan fingerprint density at radius 3 is 2.63 bits per heavy atom. The fraction of sp³-hybridized carbons (Fsp3) is 0.500. The maximum absolute atomic E-state index is 11.8. The molecule has 0 fully saturated rings. The number of nitrogens with two attached hydrogens (primary N) is 1. The Hall–Kier alpha value is -1.59. The number of hydrogen-bond donors (Lipinski definition) is 2. The van der Waals surface area contributed by atoms with Gasteiger partial charge in [-0.3, -0.25) is 4.79 Å². The van der Waals surface area contributed by atoms with E-state index < -0.39 is 6.04 Å². The van der Waals surface area contributed by atoms with Gasteiger partial charge in [-0.1, -0.05) is 0 Å². The largest absolute Gasteiger partial charge is 0.494 e. The molecule has 106 valence electrons. The average molecular weight is 266 g/mol. The number of anilines is 1. The fourth-order valence-corrected chi connectivity index (χ4v) is 1.61. The van der Waals surface area contributed by atoms with Gasteiger partial charge in [0.05, 0.1) is 12.6 Å². The summed E-state index contributed by atoms with van der Waals surface area (Å²) >= 11 is 0. The lowest BCUT2D eigenvalue weighted by molar-refractivity contribution is -0.117. The maximum Gasteiger partial charge on any atom is 0.241 e. The molecule has 0 saturated carbocycles. The minimum atomic E-state index is -0.512. The highest BCUT2D eigenvalue weighted by molar-refractivity contribution is 5.94. The SMILES string of the molecule is CCOc1ccc(NC(=O)C(N)CCCOC)cc1. The molecule has 1 aromatic rings. The van der Waals surface area contributed by atoms with Crippen LogP contribution >= 0.6 is 0 Å². The molecule has 0 aliphatic rings. The van der Waals surface area contributed by atoms with Crippen LogP contribution < -0.4 is 15.8 Å². The standard InChI is InChI=1S/C14H22N2O3/c1-3-19-12-8-6-11(7-9-12)16-14(17)13(15)5-4-10-18-2/h6-9,13H,3-5,10,15H2,1-2H3,(H,16,17). The molecular formula is C14H22N2O3. The second-order valence-corrected chi connectivity index (χ2v) is 4.19. The lowest BCUT2D eigenvalue weighted by Gasteiger charge is -2.12. The summed E-state index contributed by atoms with van der Waals surface area (Å²) in [6.45, 7) is 3.16. The summed E-state index contributed by atoms with van der Waals surface area (Å²) in [4.78, 5) is 11.8. The number of benzene rings is 1. The van der Waals surface area contributed by atoms with Crippen LogP contribution in [-0.4, -0.2) is 32.3 Å². The molecule has 0 aromatic heterocycles. The van der Waals surface area contributed by atoms with Crippen LogP contribution in [-0.2, 0) is 9.53 Å². The number of ether oxygens (including phenoxy) is 2. The predicted molar refractivity (Wildman–Crippen MR) is 75.3 cm³/mol. The number of nitrogens with one attached hydrogen (secondary N) is 1. The van der Waals surface area contributed by atoms with Crippen molar-refractivity contribution in [2.24, 2.45) is 5.73 Å². The Morgan fingerprint density at radius 1 is 1.37 bits per heavy atom. The van der Waals surface area contributed by atoms with Gasteiger partial charge >= 0.3 is 0 Å². The zero-order valence-corrected chi connectivity index (χ0v) is 11.5. The first kappa shape index (κ1) is 15.5. The average Bonchev–Trinajstić information content (AvgIpc) is 2.41. The van der Waals surface area contributed by atoms with Crippen LogP contribution in [0.25, 0.3) is 0 Å². The van der Waals surface area contributed by atoms with E-state index in [1.807, 2.05) is 19.1 Å². The minimum absolute atomic E-state index is 0.180. The zero-order valence-electron chi connectivity index (χ0n) is 11.5. The third-order valence-corrected chi connectivity index (χ3v) is 2.63. The number of methoxy groups -OCH3 is 1. The molecule has 5 heteroatoms. The van der Waals surface area contributed by atoms with Crippen LogP contribution in [0.3, 0.4) is 0 Å². The molecule has 0 bridgehead atoms. The van der Waals surface area contributed by atoms with E-state index in [-0.39, 0.29) is 5.91 Å². The van der Waals surface area contributed by atoms with Gasteiger partial charge in [0.1, 0.15) is 5.75 Å². The monoisotopic (exact) mass is 266 g/mol. The molecule has 1 aromatic carbocycles. The summed E-state index contributed by atoms with van der Waals surface area (Å²) in [7, 11) is 1.63. The van der Waals surface area contributed by atoms with Crippen molar-refractivity contribution in [2.75, 3.05) is 25.6 Å². The van der Waals surface area contributed by atoms with Crippen molar-refractivity contribution in [1.29, 1.82) is 0 Å². The molecule has 19 heavy (non-hydrogen) atoms. The van der Waals surface area contributed by atoms with E-state index in [9.17, 15) is 4.79 Å². The van der Waals surface area contributed by atoms with Crippen molar-refractivity contribution < 1.29 is 14.3 Å². The second-order valence-electron chi connectivity index (χ2n) is 4.19. The van der Waals surface area contributed by atoms with Gasteiger partial charge in [-0.15, -0.1) is 0 Å². The molecule has 1 amide bonds. The summed E-state index contributed by atoms with van der Waals surface area (Å²) in [5.74, 6) is 0.602. The smallest absolute Gasteiger partial charge is 0.241 e. The third-order valence-electron chi connectivity index (χ3n) is 2.63. The Labute approximate surface area is 114 Å². The fourth-order valence-electron chi connectivity index (χ4n) is 1.61. The van der Waals surface area contributed by atoms with E-state index in [2.05, 4.69) is 5.32 Å². The summed E-state index contributed by atoms with van der Waals surface area (Å²) in [6.07, 6.45) is 1.38. The molecule has 1 atom stereocenters. The molecule has 0 saturated heterocycles. The molecule has 5 nitrogen and oxygen atoms in total. The van der Waals surface area contributed by atoms with Gasteiger partial charge in [-0.2, -0.15) is 0 Å². The van der Waals surface area contributed by atoms with Crippen molar-refractivity contribution >= 4 is 11.6 Å². The second kappa shape index (κ2) is 8.50. The van der Waals surface area contributed by atoms with Crippen molar-refractivity contribution in [3.8, 4) is 5.75 Å². The molecule has 0 aliphatic heterocycles. The van der Waals surface area contributed by atoms with Crippen molar-refractivity contribution in [3.63, 3.8) is 0 Å². The van der Waals surface area contributed by atoms with E-state index in [0.717, 1.165) is 17.9 Å². The summed E-state index contributed by atoms with van der Waals surface area (Å²) < 4.78 is 10.3. The van der Waals surface area contributed by atoms with Crippen molar-refractivity contribution in [1.82, 2.24) is 0 Å². The number of carbonyl (C=O) groups excluding carboxylic acids is 1. The van der Waals surface area contributed by atoms with Crippen LogP contribution in [0.4, 0.5) is 5.69 Å². The van der Waals surface area contributed by atoms with Gasteiger partial charge in [0.25, 0.3) is 0 Å². The topological polar surface area (TPSA) is 73.6 Å². The molecule has 1 unspecified atom stereocenters. The summed E-state index contributed by atoms with van der Waals surface area (Å²) in [5, 5.41) is 2.78. The molecule has 1 rings (SSSR count). The van der Waals surface area contributed by atoms with Gasteiger partial charge in [0, 0.05) is 19.4 Å². The van der Waals surface area contributed by atoms with Crippen LogP contribution in [0.2, 0.25) is 0 Å². The van der Waals surface area contributed by atoms with E-state index in [1.54, 1.807) is 19.2 Å². The van der Waals surface area contributed by atoms with Crippen molar-refractivity contribution in [3.05, 3.63) is 24.3 Å². The molecule has 0 aliphatic carbocycles. The molecule has 0 spiro atoms. The Bertz CT molecular complexity index is 379. The van der Waals surface area contributed by atoms with Gasteiger partial charge < -0.3 is 20.5 Å². The Balaban J connectivity index is 2.42. The normalized spacial score (nSPS) is 11.9. The minimum Gasteiger partial charge on any atom is -0.494 e. The first-order valence-electron chi connectivity index (χ1n) is 6.45. The Morgan fingerprint density at radius 2 is 2.05 bits per heavy atom. The van der Waals surface area contributed by atoms with Crippen LogP contribution in [0.1, 0.15) is 19.8 Å². The molecule has 0 heterocycles. The first-order valence-corrected chi connectivity index (χ1v) is 6.45. The number of carbonyl (C=O) groups is 1. The lowest BCUT2D eigenvalue weighted by atomic mass is 10.1. The quantitative estimate of drug-likeness (QED) is 0.703. The van der Waals surface area contributed by atoms with E-state index in [0.29, 0.717) is 19.6 Å². The maximum atomic E-state index is 11.8. The van der Waals surface area contributed by atoms with Crippen LogP contribution in [0, 0.1) is 0 Å². The summed E-state index contributed by atoms with van der Waals surface area (Å²) in [6, 6.07) is 6.71. The highest BCUT2D eigenvalue weighted by Gasteiger charge is 2.12. The van der Waals surface area contributed by atoms with E-state index in [1.165, 1.54) is 0 Å². The number of hydrogen-bond acceptors (Lipinski definition) is 4. The zero-order chi connectivity index (χ0) is 14.1. The van der Waals surface area contributed by atoms with E-state index >= 15 is 0 Å². The number of rotatable bonds is 8. The van der Waals surface area contributed by atoms with Crippen molar-refractivity contribution in [2.45, 2.75) is 25.8 Å². The Kier molecular flexibility index (Phi) is 6.92. The van der Waals surface area contributed by atoms with E-state index in [4.69, 9.17) is 15.2 Å². The highest BCUT2D eigenvalue weighted by Crippen LogP contribution is 2.15. The lowest BCUT2D eigenvalue weighted by Crippen LogP contribution is -2.35. The first-order chi connectivity index (χ1) is 9.17. The summed E-state index contributed by atoms with van der Waals surface area (Å²) in [5.41, 5.74) is 6.51. The van der Waals surface area contributed by atoms with Gasteiger partial charge in [-0.05, 0) is 44.0 Å².